The van der Waals surface area contributed by atoms with E-state index in [0.29, 0.717) is 6.04 Å². The van der Waals surface area contributed by atoms with Crippen molar-refractivity contribution >= 4 is 10.9 Å². The lowest BCUT2D eigenvalue weighted by molar-refractivity contribution is -0.0909. The second-order valence-corrected chi connectivity index (χ2v) is 9.99. The Hall–Kier alpha value is -2.39. The number of ether oxygens (including phenoxy) is 1. The molecule has 1 fully saturated rings. The van der Waals surface area contributed by atoms with Crippen molar-refractivity contribution in [2.75, 3.05) is 13.6 Å². The highest BCUT2D eigenvalue weighted by Gasteiger charge is 2.70. The Balaban J connectivity index is 1.59. The van der Waals surface area contributed by atoms with Crippen LogP contribution >= 0.6 is 0 Å². The molecular weight excluding hydrogens is 356 g/mol. The minimum atomic E-state index is 0.0345. The van der Waals surface area contributed by atoms with Crippen LogP contribution in [0.2, 0.25) is 0 Å². The number of benzene rings is 2. The molecule has 146 valence electrons. The lowest BCUT2D eigenvalue weighted by Gasteiger charge is -2.64. The van der Waals surface area contributed by atoms with E-state index in [1.807, 2.05) is 0 Å². The van der Waals surface area contributed by atoms with E-state index >= 15 is 0 Å². The number of aryl methyl sites for hydroxylation is 1. The van der Waals surface area contributed by atoms with Gasteiger partial charge in [0.1, 0.15) is 5.75 Å². The van der Waals surface area contributed by atoms with Gasteiger partial charge < -0.3 is 9.64 Å². The van der Waals surface area contributed by atoms with E-state index in [1.54, 1.807) is 0 Å². The molecule has 2 aromatic carbocycles. The van der Waals surface area contributed by atoms with Crippen LogP contribution in [0, 0.1) is 12.3 Å². The maximum Gasteiger partial charge on any atom is 0.151 e. The number of hydrogen-bond acceptors (Lipinski definition) is 3. The fourth-order valence-corrected chi connectivity index (χ4v) is 7.40. The number of para-hydroxylation sites is 1. The highest BCUT2D eigenvalue weighted by Crippen LogP contribution is 2.70. The summed E-state index contributed by atoms with van der Waals surface area (Å²) in [5.74, 6) is 1.16. The maximum absolute atomic E-state index is 6.90. The number of nitrogens with zero attached hydrogens (tertiary/aromatic N) is 2. The highest BCUT2D eigenvalue weighted by atomic mass is 16.5. The molecule has 3 aromatic rings. The van der Waals surface area contributed by atoms with Crippen molar-refractivity contribution in [1.29, 1.82) is 0 Å². The largest absolute Gasteiger partial charge is 0.483 e. The third-order valence-corrected chi connectivity index (χ3v) is 8.77. The standard InChI is InChI=1S/C26H26N2O/c1-15-8-9-17-13-20-25(2)14-18-12-16-6-4-5-7-19(16)27-22(18)24-26(25,10-11-28(20)3)21(17)23(15)29-24/h4-9,12,20,24H,10-11,13-14H2,1-3H3/t20-,24-,25-,26-/m0/s1. The lowest BCUT2D eigenvalue weighted by Crippen LogP contribution is -2.68. The third-order valence-electron chi connectivity index (χ3n) is 8.77. The summed E-state index contributed by atoms with van der Waals surface area (Å²) >= 11 is 0. The molecule has 0 radical (unpaired) electrons. The molecule has 0 amide bonds. The van der Waals surface area contributed by atoms with Gasteiger partial charge >= 0.3 is 0 Å². The molecule has 29 heavy (non-hydrogen) atoms. The van der Waals surface area contributed by atoms with Gasteiger partial charge in [0.15, 0.2) is 6.10 Å². The Kier molecular flexibility index (Phi) is 2.84. The summed E-state index contributed by atoms with van der Waals surface area (Å²) in [6.45, 7) is 5.88. The summed E-state index contributed by atoms with van der Waals surface area (Å²) in [6.07, 6.45) is 3.40. The van der Waals surface area contributed by atoms with Crippen LogP contribution in [0.15, 0.2) is 42.5 Å². The molecule has 2 bridgehead atoms. The Bertz CT molecular complexity index is 1220. The Morgan fingerprint density at radius 1 is 1.14 bits per heavy atom. The minimum absolute atomic E-state index is 0.0345. The maximum atomic E-state index is 6.90. The van der Waals surface area contributed by atoms with Crippen LogP contribution < -0.4 is 4.74 Å². The van der Waals surface area contributed by atoms with Crippen LogP contribution in [0.4, 0.5) is 0 Å². The summed E-state index contributed by atoms with van der Waals surface area (Å²) in [7, 11) is 2.32. The van der Waals surface area contributed by atoms with E-state index in [4.69, 9.17) is 9.72 Å². The monoisotopic (exact) mass is 382 g/mol. The van der Waals surface area contributed by atoms with Crippen molar-refractivity contribution < 1.29 is 4.74 Å². The molecule has 1 spiro atoms. The number of fused-ring (bicyclic) bond motifs is 3. The first kappa shape index (κ1) is 16.4. The second-order valence-electron chi connectivity index (χ2n) is 9.99. The van der Waals surface area contributed by atoms with Gasteiger partial charge in [-0.15, -0.1) is 0 Å². The van der Waals surface area contributed by atoms with Crippen LogP contribution in [0.5, 0.6) is 5.75 Å². The Morgan fingerprint density at radius 3 is 2.90 bits per heavy atom. The van der Waals surface area contributed by atoms with Crippen molar-refractivity contribution in [3.8, 4) is 5.75 Å². The number of hydrogen-bond donors (Lipinski definition) is 0. The van der Waals surface area contributed by atoms with E-state index in [2.05, 4.69) is 68.3 Å². The zero-order valence-electron chi connectivity index (χ0n) is 17.3. The van der Waals surface area contributed by atoms with Gasteiger partial charge in [-0.3, -0.25) is 0 Å². The SMILES string of the molecule is Cc1ccc2c3c1O[C@H]1c4nc5ccccc5cc4C[C@@]4(C)[C@H](C2)N(C)CC[C@]314. The number of likely N-dealkylation sites (N-methyl/N-ethyl adjacent to an activating group) is 1. The topological polar surface area (TPSA) is 25.4 Å². The molecule has 3 heterocycles. The zero-order valence-corrected chi connectivity index (χ0v) is 17.3. The van der Waals surface area contributed by atoms with Gasteiger partial charge in [0.2, 0.25) is 0 Å². The van der Waals surface area contributed by atoms with Crippen LogP contribution in [0.25, 0.3) is 10.9 Å². The summed E-state index contributed by atoms with van der Waals surface area (Å²) in [4.78, 5) is 7.83. The van der Waals surface area contributed by atoms with E-state index in [0.717, 1.165) is 37.1 Å². The van der Waals surface area contributed by atoms with E-state index < -0.39 is 0 Å². The Labute approximate surface area is 171 Å². The molecule has 1 aromatic heterocycles. The van der Waals surface area contributed by atoms with Gasteiger partial charge in [0.25, 0.3) is 0 Å². The average Bonchev–Trinajstić information content (AvgIpc) is 3.07. The number of piperidine rings is 1. The number of pyridine rings is 1. The van der Waals surface area contributed by atoms with Crippen LogP contribution in [-0.4, -0.2) is 29.5 Å². The van der Waals surface area contributed by atoms with E-state index in [1.165, 1.54) is 33.3 Å². The summed E-state index contributed by atoms with van der Waals surface area (Å²) in [5, 5.41) is 1.24. The van der Waals surface area contributed by atoms with Crippen LogP contribution in [-0.2, 0) is 18.3 Å². The average molecular weight is 383 g/mol. The first-order valence-electron chi connectivity index (χ1n) is 10.9. The molecule has 0 N–H and O–H groups in total. The van der Waals surface area contributed by atoms with Gasteiger partial charge in [-0.1, -0.05) is 37.3 Å². The van der Waals surface area contributed by atoms with E-state index in [-0.39, 0.29) is 16.9 Å². The molecule has 1 saturated heterocycles. The Morgan fingerprint density at radius 2 is 2.00 bits per heavy atom. The predicted octanol–water partition coefficient (Wildman–Crippen LogP) is 4.74. The number of likely N-dealkylation sites (tertiary alicyclic amines) is 1. The van der Waals surface area contributed by atoms with Gasteiger partial charge in [0.05, 0.1) is 16.6 Å². The van der Waals surface area contributed by atoms with Crippen molar-refractivity contribution in [2.45, 2.75) is 50.7 Å². The van der Waals surface area contributed by atoms with E-state index in [9.17, 15) is 0 Å². The summed E-state index contributed by atoms with van der Waals surface area (Å²) < 4.78 is 6.90. The van der Waals surface area contributed by atoms with Crippen molar-refractivity contribution in [2.24, 2.45) is 5.41 Å². The zero-order chi connectivity index (χ0) is 19.5. The quantitative estimate of drug-likeness (QED) is 0.562. The third kappa shape index (κ3) is 1.70. The predicted molar refractivity (Wildman–Crippen MR) is 115 cm³/mol. The summed E-state index contributed by atoms with van der Waals surface area (Å²) in [5.41, 5.74) is 8.17. The van der Waals surface area contributed by atoms with Crippen molar-refractivity contribution in [3.05, 3.63) is 70.4 Å². The molecule has 2 aliphatic heterocycles. The number of rotatable bonds is 0. The van der Waals surface area contributed by atoms with Gasteiger partial charge in [0, 0.05) is 22.4 Å². The molecular formula is C26H26N2O. The summed E-state index contributed by atoms with van der Waals surface area (Å²) in [6, 6.07) is 16.1. The number of aromatic nitrogens is 1. The van der Waals surface area contributed by atoms with Gasteiger partial charge in [-0.25, -0.2) is 4.98 Å². The first-order valence-corrected chi connectivity index (χ1v) is 10.9. The lowest BCUT2D eigenvalue weighted by atomic mass is 9.44. The fourth-order valence-electron chi connectivity index (χ4n) is 7.40. The molecule has 4 atom stereocenters. The molecule has 3 nitrogen and oxygen atoms in total. The van der Waals surface area contributed by atoms with Gasteiger partial charge in [-0.05, 0) is 68.6 Å². The minimum Gasteiger partial charge on any atom is -0.483 e. The van der Waals surface area contributed by atoms with Crippen LogP contribution in [0.1, 0.15) is 47.4 Å². The van der Waals surface area contributed by atoms with Crippen molar-refractivity contribution in [3.63, 3.8) is 0 Å². The molecule has 3 heteroatoms. The molecule has 4 aliphatic rings. The van der Waals surface area contributed by atoms with Gasteiger partial charge in [-0.2, -0.15) is 0 Å². The smallest absolute Gasteiger partial charge is 0.151 e. The normalized spacial score (nSPS) is 33.9. The fraction of sp³-hybridized carbons (Fsp3) is 0.423. The second kappa shape index (κ2) is 5.02. The van der Waals surface area contributed by atoms with Crippen molar-refractivity contribution in [1.82, 2.24) is 9.88 Å². The molecule has 2 aliphatic carbocycles. The first-order chi connectivity index (χ1) is 14.0. The molecule has 7 rings (SSSR count). The molecule has 0 unspecified atom stereocenters. The highest BCUT2D eigenvalue weighted by molar-refractivity contribution is 5.80. The van der Waals surface area contributed by atoms with Crippen LogP contribution in [0.3, 0.4) is 0 Å². The molecule has 0 saturated carbocycles.